The number of carbonyl (C=O) groups is 3. The normalized spacial score (nSPS) is 13.1. The number of allylic oxidation sites excluding steroid dienone is 20. The molecule has 6 nitrogen and oxygen atoms in total. The van der Waals surface area contributed by atoms with Crippen LogP contribution in [0.3, 0.4) is 0 Å². The number of ether oxygens (including phenoxy) is 3. The Morgan fingerprint density at radius 3 is 1.09 bits per heavy atom. The number of esters is 3. The first-order valence-corrected chi connectivity index (χ1v) is 25.5. The molecule has 0 N–H and O–H groups in total. The number of unbranched alkanes of at least 4 members (excludes halogenated alkanes) is 13. The zero-order valence-corrected chi connectivity index (χ0v) is 41.0. The van der Waals surface area contributed by atoms with Crippen LogP contribution < -0.4 is 0 Å². The molecule has 0 fully saturated rings. The molecule has 0 unspecified atom stereocenters. The van der Waals surface area contributed by atoms with E-state index in [-0.39, 0.29) is 44.0 Å². The molecule has 360 valence electrons. The van der Waals surface area contributed by atoms with Gasteiger partial charge < -0.3 is 14.2 Å². The van der Waals surface area contributed by atoms with Crippen LogP contribution in [-0.4, -0.2) is 37.2 Å². The Labute approximate surface area is 392 Å². The highest BCUT2D eigenvalue weighted by Gasteiger charge is 2.19. The summed E-state index contributed by atoms with van der Waals surface area (Å²) in [4.78, 5) is 37.9. The molecule has 0 heterocycles. The molecule has 1 atom stereocenters. The number of hydrogen-bond acceptors (Lipinski definition) is 6. The van der Waals surface area contributed by atoms with E-state index in [1.54, 1.807) is 0 Å². The topological polar surface area (TPSA) is 78.9 Å². The minimum atomic E-state index is -0.830. The lowest BCUT2D eigenvalue weighted by molar-refractivity contribution is -0.167. The maximum atomic E-state index is 12.8. The molecule has 0 aliphatic carbocycles. The van der Waals surface area contributed by atoms with Crippen LogP contribution in [-0.2, 0) is 28.6 Å². The van der Waals surface area contributed by atoms with Crippen molar-refractivity contribution in [1.82, 2.24) is 0 Å². The van der Waals surface area contributed by atoms with Gasteiger partial charge in [-0.15, -0.1) is 0 Å². The largest absolute Gasteiger partial charge is 0.462 e. The number of hydrogen-bond donors (Lipinski definition) is 0. The van der Waals surface area contributed by atoms with Crippen molar-refractivity contribution in [3.8, 4) is 0 Å². The van der Waals surface area contributed by atoms with Gasteiger partial charge >= 0.3 is 17.9 Å². The maximum absolute atomic E-state index is 12.8. The molecule has 6 heteroatoms. The van der Waals surface area contributed by atoms with E-state index in [1.807, 2.05) is 0 Å². The van der Waals surface area contributed by atoms with Gasteiger partial charge in [0, 0.05) is 19.3 Å². The van der Waals surface area contributed by atoms with Crippen LogP contribution in [0.4, 0.5) is 0 Å². The second kappa shape index (κ2) is 51.4. The van der Waals surface area contributed by atoms with Crippen LogP contribution in [0, 0.1) is 0 Å². The Balaban J connectivity index is 4.59. The summed E-state index contributed by atoms with van der Waals surface area (Å²) >= 11 is 0. The molecule has 0 radical (unpaired) electrons. The van der Waals surface area contributed by atoms with Crippen LogP contribution in [0.2, 0.25) is 0 Å². The van der Waals surface area contributed by atoms with Gasteiger partial charge in [0.05, 0.1) is 0 Å². The molecule has 0 aromatic carbocycles. The molecule has 0 aliphatic rings. The molecular weight excluding hydrogens is 793 g/mol. The van der Waals surface area contributed by atoms with E-state index >= 15 is 0 Å². The molecule has 0 saturated carbocycles. The standard InChI is InChI=1S/C58H92O6/c1-4-7-10-13-16-19-22-25-28-29-31-33-36-39-42-45-48-51-57(60)63-54-55(53-62-56(59)50-47-44-41-38-35-32-27-24-21-18-15-12-9-6-3)64-58(61)52-49-46-43-40-37-34-30-26-23-20-17-14-11-8-5-2/h7,10,15-20,24-28,30-31,33,37,39-40,42,55H,4-6,8-9,11-14,21-23,29,32,34-36,38,41,43-54H2,1-3H3/b10-7-,18-15-,19-16-,20-17-,27-24-,28-25-,30-26-,33-31-,40-37-,42-39-/t55-/m1/s1. The van der Waals surface area contributed by atoms with Crippen molar-refractivity contribution in [3.63, 3.8) is 0 Å². The van der Waals surface area contributed by atoms with Crippen LogP contribution in [0.15, 0.2) is 122 Å². The van der Waals surface area contributed by atoms with Gasteiger partial charge in [-0.3, -0.25) is 14.4 Å². The van der Waals surface area contributed by atoms with Gasteiger partial charge in [-0.2, -0.15) is 0 Å². The highest BCUT2D eigenvalue weighted by atomic mass is 16.6. The fraction of sp³-hybridized carbons (Fsp3) is 0.603. The van der Waals surface area contributed by atoms with Gasteiger partial charge in [0.25, 0.3) is 0 Å². The summed E-state index contributed by atoms with van der Waals surface area (Å²) in [5.74, 6) is -1.04. The maximum Gasteiger partial charge on any atom is 0.306 e. The predicted octanol–water partition coefficient (Wildman–Crippen LogP) is 16.9. The monoisotopic (exact) mass is 885 g/mol. The molecule has 0 aromatic heterocycles. The van der Waals surface area contributed by atoms with Gasteiger partial charge in [-0.1, -0.05) is 187 Å². The molecule has 0 spiro atoms. The third-order valence-electron chi connectivity index (χ3n) is 10.2. The lowest BCUT2D eigenvalue weighted by Crippen LogP contribution is -2.30. The summed E-state index contributed by atoms with van der Waals surface area (Å²) in [5, 5.41) is 0. The summed E-state index contributed by atoms with van der Waals surface area (Å²) in [6, 6.07) is 0. The Morgan fingerprint density at radius 2 is 0.641 bits per heavy atom. The van der Waals surface area contributed by atoms with Gasteiger partial charge in [0.1, 0.15) is 13.2 Å². The molecular formula is C58H92O6. The number of carbonyl (C=O) groups excluding carboxylic acids is 3. The Hall–Kier alpha value is -4.19. The van der Waals surface area contributed by atoms with Gasteiger partial charge in [-0.25, -0.2) is 0 Å². The van der Waals surface area contributed by atoms with Crippen molar-refractivity contribution in [2.24, 2.45) is 0 Å². The predicted molar refractivity (Wildman–Crippen MR) is 274 cm³/mol. The van der Waals surface area contributed by atoms with Gasteiger partial charge in [-0.05, 0) is 122 Å². The minimum absolute atomic E-state index is 0.122. The SMILES string of the molecule is CC/C=C\C/C=C\C/C=C\C/C=C\C/C=C\CCCC(=O)OC[C@@H](COC(=O)CCCCCCC/C=C\C/C=C\CCCC)OC(=O)CCCC/C=C\C/C=C\C/C=C\CCCCC. The first-order valence-electron chi connectivity index (χ1n) is 25.5. The van der Waals surface area contributed by atoms with Crippen molar-refractivity contribution in [2.45, 2.75) is 213 Å². The van der Waals surface area contributed by atoms with Crippen molar-refractivity contribution >= 4 is 17.9 Å². The summed E-state index contributed by atoms with van der Waals surface area (Å²) in [6.07, 6.45) is 70.4. The van der Waals surface area contributed by atoms with Crippen molar-refractivity contribution in [1.29, 1.82) is 0 Å². The smallest absolute Gasteiger partial charge is 0.306 e. The van der Waals surface area contributed by atoms with Crippen LogP contribution >= 0.6 is 0 Å². The fourth-order valence-corrected chi connectivity index (χ4v) is 6.32. The zero-order valence-electron chi connectivity index (χ0n) is 41.0. The van der Waals surface area contributed by atoms with Crippen molar-refractivity contribution in [2.75, 3.05) is 13.2 Å². The summed E-state index contributed by atoms with van der Waals surface area (Å²) in [5.41, 5.74) is 0. The summed E-state index contributed by atoms with van der Waals surface area (Å²) < 4.78 is 16.7. The first-order chi connectivity index (χ1) is 31.5. The van der Waals surface area contributed by atoms with Crippen molar-refractivity contribution in [3.05, 3.63) is 122 Å². The average molecular weight is 885 g/mol. The van der Waals surface area contributed by atoms with E-state index in [2.05, 4.69) is 142 Å². The molecule has 0 saturated heterocycles. The number of rotatable bonds is 44. The second-order valence-corrected chi connectivity index (χ2v) is 16.3. The van der Waals surface area contributed by atoms with Crippen molar-refractivity contribution < 1.29 is 28.6 Å². The zero-order chi connectivity index (χ0) is 46.5. The molecule has 64 heavy (non-hydrogen) atoms. The fourth-order valence-electron chi connectivity index (χ4n) is 6.32. The Morgan fingerprint density at radius 1 is 0.328 bits per heavy atom. The van der Waals surface area contributed by atoms with Gasteiger partial charge in [0.2, 0.25) is 0 Å². The lowest BCUT2D eigenvalue weighted by Gasteiger charge is -2.18. The second-order valence-electron chi connectivity index (χ2n) is 16.3. The van der Waals surface area contributed by atoms with E-state index in [4.69, 9.17) is 14.2 Å². The van der Waals surface area contributed by atoms with Crippen LogP contribution in [0.25, 0.3) is 0 Å². The van der Waals surface area contributed by atoms with E-state index in [0.717, 1.165) is 109 Å². The molecule has 0 bridgehead atoms. The third-order valence-corrected chi connectivity index (χ3v) is 10.2. The quantitative estimate of drug-likeness (QED) is 0.0262. The van der Waals surface area contributed by atoms with E-state index in [1.165, 1.54) is 44.9 Å². The highest BCUT2D eigenvalue weighted by molar-refractivity contribution is 5.71. The summed E-state index contributed by atoms with van der Waals surface area (Å²) in [7, 11) is 0. The average Bonchev–Trinajstić information content (AvgIpc) is 3.29. The first kappa shape index (κ1) is 59.8. The van der Waals surface area contributed by atoms with Crippen LogP contribution in [0.1, 0.15) is 207 Å². The Bertz CT molecular complexity index is 1390. The molecule has 0 amide bonds. The Kier molecular flexibility index (Phi) is 48.1. The highest BCUT2D eigenvalue weighted by Crippen LogP contribution is 2.11. The molecule has 0 aliphatic heterocycles. The molecule has 0 rings (SSSR count). The minimum Gasteiger partial charge on any atom is -0.462 e. The van der Waals surface area contributed by atoms with E-state index in [0.29, 0.717) is 19.3 Å². The van der Waals surface area contributed by atoms with E-state index < -0.39 is 6.10 Å². The van der Waals surface area contributed by atoms with E-state index in [9.17, 15) is 14.4 Å². The summed E-state index contributed by atoms with van der Waals surface area (Å²) in [6.45, 7) is 6.34. The molecule has 0 aromatic rings. The van der Waals surface area contributed by atoms with Gasteiger partial charge in [0.15, 0.2) is 6.10 Å². The van der Waals surface area contributed by atoms with Crippen LogP contribution in [0.5, 0.6) is 0 Å². The third kappa shape index (κ3) is 48.8. The lowest BCUT2D eigenvalue weighted by atomic mass is 10.1.